The van der Waals surface area contributed by atoms with Gasteiger partial charge in [0.05, 0.1) is 0 Å². The monoisotopic (exact) mass is 241 g/mol. The first-order chi connectivity index (χ1) is 8.65. The summed E-state index contributed by atoms with van der Waals surface area (Å²) in [6.07, 6.45) is 0. The zero-order valence-corrected chi connectivity index (χ0v) is 9.89. The van der Waals surface area contributed by atoms with Crippen LogP contribution in [0.1, 0.15) is 15.9 Å². The third-order valence-corrected chi connectivity index (χ3v) is 2.54. The Morgan fingerprint density at radius 1 is 1.00 bits per heavy atom. The molecule has 1 amide bonds. The quantitative estimate of drug-likeness (QED) is 0.716. The topological polar surface area (TPSA) is 81.1 Å². The van der Waals surface area contributed by atoms with Crippen molar-refractivity contribution in [2.45, 2.75) is 6.54 Å². The molecule has 0 unspecified atom stereocenters. The van der Waals surface area contributed by atoms with E-state index in [0.717, 1.165) is 5.56 Å². The number of nitrogen functional groups attached to an aromatic ring is 2. The first-order valence-electron chi connectivity index (χ1n) is 5.63. The average Bonchev–Trinajstić information content (AvgIpc) is 2.36. The Morgan fingerprint density at radius 2 is 1.61 bits per heavy atom. The fraction of sp³-hybridized carbons (Fsp3) is 0.0714. The van der Waals surface area contributed by atoms with Crippen LogP contribution in [-0.2, 0) is 6.54 Å². The van der Waals surface area contributed by atoms with Crippen molar-refractivity contribution in [1.82, 2.24) is 5.32 Å². The van der Waals surface area contributed by atoms with Gasteiger partial charge in [-0.1, -0.05) is 30.3 Å². The summed E-state index contributed by atoms with van der Waals surface area (Å²) >= 11 is 0. The van der Waals surface area contributed by atoms with E-state index in [9.17, 15) is 4.79 Å². The molecule has 0 fully saturated rings. The minimum atomic E-state index is -0.183. The number of rotatable bonds is 3. The van der Waals surface area contributed by atoms with E-state index in [0.29, 0.717) is 23.5 Å². The highest BCUT2D eigenvalue weighted by Gasteiger charge is 2.06. The predicted molar refractivity (Wildman–Crippen MR) is 72.9 cm³/mol. The largest absolute Gasteiger partial charge is 0.399 e. The molecule has 5 N–H and O–H groups in total. The van der Waals surface area contributed by atoms with Crippen LogP contribution in [0.4, 0.5) is 11.4 Å². The van der Waals surface area contributed by atoms with Gasteiger partial charge in [0.15, 0.2) is 0 Å². The Morgan fingerprint density at radius 3 is 2.22 bits per heavy atom. The molecule has 0 spiro atoms. The van der Waals surface area contributed by atoms with Crippen LogP contribution in [0.3, 0.4) is 0 Å². The van der Waals surface area contributed by atoms with Crippen molar-refractivity contribution >= 4 is 17.3 Å². The van der Waals surface area contributed by atoms with Crippen LogP contribution in [0.2, 0.25) is 0 Å². The van der Waals surface area contributed by atoms with Crippen molar-refractivity contribution in [3.8, 4) is 0 Å². The molecule has 0 aliphatic rings. The molecule has 0 atom stereocenters. The molecule has 0 aromatic heterocycles. The van der Waals surface area contributed by atoms with Gasteiger partial charge in [-0.25, -0.2) is 0 Å². The Hall–Kier alpha value is -2.49. The maximum absolute atomic E-state index is 11.9. The number of anilines is 2. The maximum Gasteiger partial charge on any atom is 0.251 e. The van der Waals surface area contributed by atoms with Crippen molar-refractivity contribution in [1.29, 1.82) is 0 Å². The second-order valence-electron chi connectivity index (χ2n) is 4.06. The molecule has 4 nitrogen and oxygen atoms in total. The van der Waals surface area contributed by atoms with E-state index in [1.165, 1.54) is 0 Å². The smallest absolute Gasteiger partial charge is 0.251 e. The van der Waals surface area contributed by atoms with E-state index >= 15 is 0 Å². The van der Waals surface area contributed by atoms with Gasteiger partial charge < -0.3 is 16.8 Å². The van der Waals surface area contributed by atoms with Crippen molar-refractivity contribution in [3.05, 3.63) is 59.7 Å². The van der Waals surface area contributed by atoms with Crippen LogP contribution in [0, 0.1) is 0 Å². The average molecular weight is 241 g/mol. The van der Waals surface area contributed by atoms with Gasteiger partial charge in [0.2, 0.25) is 0 Å². The van der Waals surface area contributed by atoms with Crippen molar-refractivity contribution in [2.75, 3.05) is 11.5 Å². The minimum Gasteiger partial charge on any atom is -0.399 e. The van der Waals surface area contributed by atoms with E-state index < -0.39 is 0 Å². The van der Waals surface area contributed by atoms with Gasteiger partial charge in [-0.3, -0.25) is 4.79 Å². The van der Waals surface area contributed by atoms with Gasteiger partial charge in [0.25, 0.3) is 5.91 Å². The summed E-state index contributed by atoms with van der Waals surface area (Å²) in [5.74, 6) is -0.183. The number of benzene rings is 2. The Balaban J connectivity index is 2.04. The lowest BCUT2D eigenvalue weighted by Gasteiger charge is -2.07. The highest BCUT2D eigenvalue weighted by molar-refractivity contribution is 5.96. The lowest BCUT2D eigenvalue weighted by molar-refractivity contribution is 0.0951. The van der Waals surface area contributed by atoms with Crippen molar-refractivity contribution in [3.63, 3.8) is 0 Å². The van der Waals surface area contributed by atoms with Gasteiger partial charge >= 0.3 is 0 Å². The summed E-state index contributed by atoms with van der Waals surface area (Å²) in [6, 6.07) is 14.5. The molecular weight excluding hydrogens is 226 g/mol. The van der Waals surface area contributed by atoms with Gasteiger partial charge in [-0.05, 0) is 23.8 Å². The molecule has 2 aromatic carbocycles. The summed E-state index contributed by atoms with van der Waals surface area (Å²) in [5, 5.41) is 2.82. The SMILES string of the molecule is Nc1cc(N)cc(C(=O)NCc2ccccc2)c1. The van der Waals surface area contributed by atoms with E-state index in [-0.39, 0.29) is 5.91 Å². The molecule has 0 aliphatic carbocycles. The number of carbonyl (C=O) groups excluding carboxylic acids is 1. The van der Waals surface area contributed by atoms with E-state index in [4.69, 9.17) is 11.5 Å². The molecule has 2 rings (SSSR count). The maximum atomic E-state index is 11.9. The number of hydrogen-bond donors (Lipinski definition) is 3. The third kappa shape index (κ3) is 3.01. The number of hydrogen-bond acceptors (Lipinski definition) is 3. The van der Waals surface area contributed by atoms with Gasteiger partial charge in [0, 0.05) is 23.5 Å². The first kappa shape index (κ1) is 12.0. The minimum absolute atomic E-state index is 0.183. The highest BCUT2D eigenvalue weighted by Crippen LogP contribution is 2.13. The Bertz CT molecular complexity index is 532. The Kier molecular flexibility index (Phi) is 3.48. The fourth-order valence-electron chi connectivity index (χ4n) is 1.69. The molecule has 0 saturated carbocycles. The van der Waals surface area contributed by atoms with Crippen LogP contribution in [0.5, 0.6) is 0 Å². The third-order valence-electron chi connectivity index (χ3n) is 2.54. The summed E-state index contributed by atoms with van der Waals surface area (Å²) < 4.78 is 0. The number of nitrogens with one attached hydrogen (secondary N) is 1. The predicted octanol–water partition coefficient (Wildman–Crippen LogP) is 1.78. The zero-order chi connectivity index (χ0) is 13.0. The molecule has 0 radical (unpaired) electrons. The number of nitrogens with two attached hydrogens (primary N) is 2. The molecular formula is C14H15N3O. The number of carbonyl (C=O) groups is 1. The van der Waals surface area contributed by atoms with Gasteiger partial charge in [0.1, 0.15) is 0 Å². The lowest BCUT2D eigenvalue weighted by atomic mass is 10.1. The first-order valence-corrected chi connectivity index (χ1v) is 5.63. The highest BCUT2D eigenvalue weighted by atomic mass is 16.1. The second kappa shape index (κ2) is 5.23. The normalized spacial score (nSPS) is 10.0. The molecule has 0 bridgehead atoms. The Labute approximate surface area is 106 Å². The van der Waals surface area contributed by atoms with E-state index in [1.807, 2.05) is 30.3 Å². The van der Waals surface area contributed by atoms with E-state index in [1.54, 1.807) is 18.2 Å². The molecule has 0 heterocycles. The second-order valence-corrected chi connectivity index (χ2v) is 4.06. The molecule has 18 heavy (non-hydrogen) atoms. The molecule has 2 aromatic rings. The molecule has 0 saturated heterocycles. The summed E-state index contributed by atoms with van der Waals surface area (Å²) in [6.45, 7) is 0.481. The van der Waals surface area contributed by atoms with Crippen LogP contribution in [-0.4, -0.2) is 5.91 Å². The van der Waals surface area contributed by atoms with Gasteiger partial charge in [-0.15, -0.1) is 0 Å². The number of amides is 1. The van der Waals surface area contributed by atoms with Crippen molar-refractivity contribution in [2.24, 2.45) is 0 Å². The van der Waals surface area contributed by atoms with E-state index in [2.05, 4.69) is 5.32 Å². The molecule has 92 valence electrons. The zero-order valence-electron chi connectivity index (χ0n) is 9.89. The van der Waals surface area contributed by atoms with Crippen LogP contribution >= 0.6 is 0 Å². The summed E-state index contributed by atoms with van der Waals surface area (Å²) in [7, 11) is 0. The molecule has 4 heteroatoms. The fourth-order valence-corrected chi connectivity index (χ4v) is 1.69. The van der Waals surface area contributed by atoms with Crippen LogP contribution < -0.4 is 16.8 Å². The molecule has 0 aliphatic heterocycles. The van der Waals surface area contributed by atoms with Crippen LogP contribution in [0.25, 0.3) is 0 Å². The summed E-state index contributed by atoms with van der Waals surface area (Å²) in [4.78, 5) is 11.9. The van der Waals surface area contributed by atoms with Crippen molar-refractivity contribution < 1.29 is 4.79 Å². The lowest BCUT2D eigenvalue weighted by Crippen LogP contribution is -2.23. The van der Waals surface area contributed by atoms with Crippen LogP contribution in [0.15, 0.2) is 48.5 Å². The standard InChI is InChI=1S/C14H15N3O/c15-12-6-11(7-13(16)8-12)14(18)17-9-10-4-2-1-3-5-10/h1-8H,9,15-16H2,(H,17,18). The summed E-state index contributed by atoms with van der Waals surface area (Å²) in [5.41, 5.74) is 13.8. The van der Waals surface area contributed by atoms with Gasteiger partial charge in [-0.2, -0.15) is 0 Å².